The Morgan fingerprint density at radius 2 is 2.14 bits per heavy atom. The van der Waals surface area contributed by atoms with Gasteiger partial charge < -0.3 is 16.0 Å². The third-order valence-electron chi connectivity index (χ3n) is 3.84. The molecular formula is C15H20FN3OS. The summed E-state index contributed by atoms with van der Waals surface area (Å²) in [5, 5.41) is 2.85. The number of piperidine rings is 1. The van der Waals surface area contributed by atoms with Crippen molar-refractivity contribution in [3.63, 3.8) is 0 Å². The number of nitrogens with one attached hydrogen (secondary N) is 1. The van der Waals surface area contributed by atoms with Crippen molar-refractivity contribution in [1.82, 2.24) is 5.32 Å². The number of hydrogen-bond acceptors (Lipinski definition) is 3. The number of hydrogen-bond donors (Lipinski definition) is 2. The molecule has 1 heterocycles. The summed E-state index contributed by atoms with van der Waals surface area (Å²) in [7, 11) is 0. The molecule has 3 N–H and O–H groups in total. The van der Waals surface area contributed by atoms with Gasteiger partial charge in [-0.3, -0.25) is 4.79 Å². The van der Waals surface area contributed by atoms with Gasteiger partial charge in [-0.15, -0.1) is 0 Å². The molecule has 6 heteroatoms. The first kappa shape index (κ1) is 15.7. The summed E-state index contributed by atoms with van der Waals surface area (Å²) < 4.78 is 13.9. The zero-order valence-corrected chi connectivity index (χ0v) is 12.9. The molecule has 4 nitrogen and oxygen atoms in total. The molecule has 1 aromatic carbocycles. The lowest BCUT2D eigenvalue weighted by Gasteiger charge is -2.33. The van der Waals surface area contributed by atoms with Crippen LogP contribution in [0, 0.1) is 11.7 Å². The molecule has 0 radical (unpaired) electrons. The van der Waals surface area contributed by atoms with Crippen molar-refractivity contribution < 1.29 is 9.18 Å². The highest BCUT2D eigenvalue weighted by molar-refractivity contribution is 7.80. The second-order valence-corrected chi connectivity index (χ2v) is 5.84. The van der Waals surface area contributed by atoms with Crippen LogP contribution in [0.4, 0.5) is 10.1 Å². The van der Waals surface area contributed by atoms with Gasteiger partial charge in [0.05, 0.1) is 0 Å². The molecule has 0 atom stereocenters. The van der Waals surface area contributed by atoms with E-state index in [1.54, 1.807) is 6.07 Å². The summed E-state index contributed by atoms with van der Waals surface area (Å²) in [5.74, 6) is 0.124. The molecule has 1 fully saturated rings. The molecule has 1 aliphatic rings. The maximum Gasteiger partial charge on any atom is 0.216 e. The average Bonchev–Trinajstić information content (AvgIpc) is 2.45. The lowest BCUT2D eigenvalue weighted by atomic mass is 9.96. The summed E-state index contributed by atoms with van der Waals surface area (Å²) in [6.07, 6.45) is 1.97. The molecule has 0 aromatic heterocycles. The quantitative estimate of drug-likeness (QED) is 0.833. The fourth-order valence-electron chi connectivity index (χ4n) is 2.58. The van der Waals surface area contributed by atoms with Crippen molar-refractivity contribution in [1.29, 1.82) is 0 Å². The first-order valence-corrected chi connectivity index (χ1v) is 7.47. The van der Waals surface area contributed by atoms with E-state index in [1.165, 1.54) is 13.0 Å². The molecule has 1 aromatic rings. The average molecular weight is 309 g/mol. The van der Waals surface area contributed by atoms with Crippen molar-refractivity contribution in [2.45, 2.75) is 19.8 Å². The first-order chi connectivity index (χ1) is 9.97. The molecular weight excluding hydrogens is 289 g/mol. The predicted molar refractivity (Wildman–Crippen MR) is 85.9 cm³/mol. The number of nitrogens with two attached hydrogens (primary N) is 1. The number of rotatable bonds is 4. The van der Waals surface area contributed by atoms with Gasteiger partial charge in [-0.05, 0) is 37.0 Å². The molecule has 1 aliphatic heterocycles. The molecule has 21 heavy (non-hydrogen) atoms. The van der Waals surface area contributed by atoms with Gasteiger partial charge in [0.1, 0.15) is 10.8 Å². The lowest BCUT2D eigenvalue weighted by molar-refractivity contribution is -0.119. The maximum absolute atomic E-state index is 13.9. The number of benzene rings is 1. The van der Waals surface area contributed by atoms with Crippen LogP contribution in [0.2, 0.25) is 0 Å². The zero-order chi connectivity index (χ0) is 15.4. The van der Waals surface area contributed by atoms with E-state index < -0.39 is 0 Å². The van der Waals surface area contributed by atoms with Gasteiger partial charge in [-0.1, -0.05) is 12.2 Å². The number of halogens is 1. The number of thiocarbonyl (C=S) groups is 1. The third kappa shape index (κ3) is 4.14. The number of nitrogens with zero attached hydrogens (tertiary/aromatic N) is 1. The number of carbonyl (C=O) groups is 1. The van der Waals surface area contributed by atoms with Crippen molar-refractivity contribution in [3.05, 3.63) is 29.6 Å². The first-order valence-electron chi connectivity index (χ1n) is 7.06. The molecule has 114 valence electrons. The molecule has 1 saturated heterocycles. The van der Waals surface area contributed by atoms with Crippen LogP contribution < -0.4 is 16.0 Å². The van der Waals surface area contributed by atoms with Crippen LogP contribution in [0.15, 0.2) is 18.2 Å². The summed E-state index contributed by atoms with van der Waals surface area (Å²) in [6.45, 7) is 3.96. The molecule has 0 unspecified atom stereocenters. The zero-order valence-electron chi connectivity index (χ0n) is 12.1. The van der Waals surface area contributed by atoms with Crippen LogP contribution in [0.25, 0.3) is 0 Å². The van der Waals surface area contributed by atoms with Crippen molar-refractivity contribution in [2.24, 2.45) is 11.7 Å². The van der Waals surface area contributed by atoms with Crippen molar-refractivity contribution in [2.75, 3.05) is 24.5 Å². The number of carbonyl (C=O) groups excluding carboxylic acids is 1. The molecule has 2 rings (SSSR count). The summed E-state index contributed by atoms with van der Waals surface area (Å²) in [4.78, 5) is 13.1. The standard InChI is InChI=1S/C15H20FN3OS/c1-10(20)18-9-11-4-6-19(7-5-11)12-2-3-13(15(17)21)14(16)8-12/h2-3,8,11H,4-7,9H2,1H3,(H2,17,21)(H,18,20). The van der Waals surface area contributed by atoms with Crippen LogP contribution in [0.5, 0.6) is 0 Å². The van der Waals surface area contributed by atoms with Crippen LogP contribution in [-0.2, 0) is 4.79 Å². The van der Waals surface area contributed by atoms with E-state index in [0.717, 1.165) is 38.2 Å². The van der Waals surface area contributed by atoms with Crippen molar-refractivity contribution in [3.8, 4) is 0 Å². The minimum absolute atomic E-state index is 0.00726. The highest BCUT2D eigenvalue weighted by atomic mass is 32.1. The monoisotopic (exact) mass is 309 g/mol. The summed E-state index contributed by atoms with van der Waals surface area (Å²) >= 11 is 4.80. The molecule has 1 amide bonds. The van der Waals surface area contributed by atoms with Crippen LogP contribution >= 0.6 is 12.2 Å². The van der Waals surface area contributed by atoms with E-state index >= 15 is 0 Å². The third-order valence-corrected chi connectivity index (χ3v) is 4.06. The molecule has 0 bridgehead atoms. The van der Waals surface area contributed by atoms with Gasteiger partial charge in [0.25, 0.3) is 0 Å². The van der Waals surface area contributed by atoms with Gasteiger partial charge in [0.2, 0.25) is 5.91 Å². The smallest absolute Gasteiger partial charge is 0.216 e. The van der Waals surface area contributed by atoms with Crippen LogP contribution in [-0.4, -0.2) is 30.5 Å². The van der Waals surface area contributed by atoms with Gasteiger partial charge >= 0.3 is 0 Å². The lowest BCUT2D eigenvalue weighted by Crippen LogP contribution is -2.38. The normalized spacial score (nSPS) is 15.8. The van der Waals surface area contributed by atoms with Crippen molar-refractivity contribution >= 4 is 28.8 Å². The predicted octanol–water partition coefficient (Wildman–Crippen LogP) is 1.81. The Morgan fingerprint density at radius 3 is 2.67 bits per heavy atom. The van der Waals surface area contributed by atoms with E-state index in [0.29, 0.717) is 5.92 Å². The van der Waals surface area contributed by atoms with E-state index in [4.69, 9.17) is 18.0 Å². The van der Waals surface area contributed by atoms with Gasteiger partial charge in [-0.25, -0.2) is 4.39 Å². The van der Waals surface area contributed by atoms with Crippen LogP contribution in [0.1, 0.15) is 25.3 Å². The fourth-order valence-corrected chi connectivity index (χ4v) is 2.75. The second-order valence-electron chi connectivity index (χ2n) is 5.40. The Kier molecular flexibility index (Phi) is 5.12. The van der Waals surface area contributed by atoms with E-state index in [-0.39, 0.29) is 22.3 Å². The SMILES string of the molecule is CC(=O)NCC1CCN(c2ccc(C(N)=S)c(F)c2)CC1. The van der Waals surface area contributed by atoms with E-state index in [9.17, 15) is 9.18 Å². The summed E-state index contributed by atoms with van der Waals surface area (Å²) in [5.41, 5.74) is 6.60. The topological polar surface area (TPSA) is 58.4 Å². The van der Waals surface area contributed by atoms with E-state index in [2.05, 4.69) is 10.2 Å². The number of amides is 1. The molecule has 0 saturated carbocycles. The van der Waals surface area contributed by atoms with Crippen LogP contribution in [0.3, 0.4) is 0 Å². The minimum atomic E-state index is -0.375. The maximum atomic E-state index is 13.9. The minimum Gasteiger partial charge on any atom is -0.389 e. The number of anilines is 1. The highest BCUT2D eigenvalue weighted by Crippen LogP contribution is 2.24. The van der Waals surface area contributed by atoms with E-state index in [1.807, 2.05) is 6.07 Å². The van der Waals surface area contributed by atoms with Gasteiger partial charge in [-0.2, -0.15) is 0 Å². The Morgan fingerprint density at radius 1 is 1.48 bits per heavy atom. The Labute approximate surface area is 129 Å². The second kappa shape index (κ2) is 6.85. The van der Waals surface area contributed by atoms with Gasteiger partial charge in [0, 0.05) is 37.8 Å². The Balaban J connectivity index is 1.94. The summed E-state index contributed by atoms with van der Waals surface area (Å²) in [6, 6.07) is 4.98. The Bertz CT molecular complexity index is 542. The molecule has 0 spiro atoms. The Hall–Kier alpha value is -1.69. The largest absolute Gasteiger partial charge is 0.389 e. The highest BCUT2D eigenvalue weighted by Gasteiger charge is 2.20. The molecule has 0 aliphatic carbocycles. The van der Waals surface area contributed by atoms with Gasteiger partial charge in [0.15, 0.2) is 0 Å². The fraction of sp³-hybridized carbons (Fsp3) is 0.467.